The second-order valence-electron chi connectivity index (χ2n) is 8.33. The SMILES string of the molecule is CC1(C)CC(=O)C2=C(C1)OC(N)=C(C#N)C2c1ccc(-c2ccc([N+](=O)[O-])cc2Cl)o1. The molecule has 8 nitrogen and oxygen atoms in total. The number of furan rings is 1. The predicted molar refractivity (Wildman–Crippen MR) is 112 cm³/mol. The molecule has 0 bridgehead atoms. The Bertz CT molecular complexity index is 1230. The van der Waals surface area contributed by atoms with Crippen LogP contribution in [-0.2, 0) is 9.53 Å². The van der Waals surface area contributed by atoms with Crippen molar-refractivity contribution in [2.45, 2.75) is 32.6 Å². The summed E-state index contributed by atoms with van der Waals surface area (Å²) < 4.78 is 11.6. The second-order valence-corrected chi connectivity index (χ2v) is 8.73. The molecular formula is C22H18ClN3O5. The van der Waals surface area contributed by atoms with Crippen LogP contribution in [0.5, 0.6) is 0 Å². The average Bonchev–Trinajstić information content (AvgIpc) is 3.15. The fourth-order valence-corrected chi connectivity index (χ4v) is 4.31. The number of non-ortho nitro benzene ring substituents is 1. The Labute approximate surface area is 182 Å². The van der Waals surface area contributed by atoms with Gasteiger partial charge in [-0.1, -0.05) is 25.4 Å². The van der Waals surface area contributed by atoms with Gasteiger partial charge in [-0.15, -0.1) is 0 Å². The van der Waals surface area contributed by atoms with E-state index >= 15 is 0 Å². The quantitative estimate of drug-likeness (QED) is 0.527. The van der Waals surface area contributed by atoms with Crippen LogP contribution < -0.4 is 5.73 Å². The third kappa shape index (κ3) is 3.57. The number of carbonyl (C=O) groups is 1. The molecule has 1 aliphatic carbocycles. The maximum atomic E-state index is 13.0. The topological polar surface area (TPSA) is 132 Å². The fourth-order valence-electron chi connectivity index (χ4n) is 4.04. The van der Waals surface area contributed by atoms with Gasteiger partial charge in [0, 0.05) is 36.1 Å². The van der Waals surface area contributed by atoms with Crippen LogP contribution in [0.15, 0.2) is 57.5 Å². The summed E-state index contributed by atoms with van der Waals surface area (Å²) in [7, 11) is 0. The minimum atomic E-state index is -0.789. The second kappa shape index (κ2) is 7.29. The largest absolute Gasteiger partial charge is 0.460 e. The Balaban J connectivity index is 1.80. The molecule has 0 saturated heterocycles. The first-order valence-electron chi connectivity index (χ1n) is 9.49. The number of nitro benzene ring substituents is 1. The van der Waals surface area contributed by atoms with Crippen molar-refractivity contribution in [2.75, 3.05) is 0 Å². The highest BCUT2D eigenvalue weighted by Gasteiger charge is 2.44. The van der Waals surface area contributed by atoms with Crippen molar-refractivity contribution in [1.29, 1.82) is 5.26 Å². The smallest absolute Gasteiger partial charge is 0.270 e. The molecule has 2 heterocycles. The Hall–Kier alpha value is -3.57. The fraction of sp³-hybridized carbons (Fsp3) is 0.273. The number of nitro groups is 1. The summed E-state index contributed by atoms with van der Waals surface area (Å²) in [4.78, 5) is 23.4. The van der Waals surface area contributed by atoms with E-state index in [0.29, 0.717) is 41.3 Å². The molecule has 0 amide bonds. The van der Waals surface area contributed by atoms with E-state index in [1.54, 1.807) is 12.1 Å². The van der Waals surface area contributed by atoms with Gasteiger partial charge in [-0.3, -0.25) is 14.9 Å². The molecule has 1 atom stereocenters. The van der Waals surface area contributed by atoms with Crippen LogP contribution in [-0.4, -0.2) is 10.7 Å². The van der Waals surface area contributed by atoms with Crippen molar-refractivity contribution in [3.8, 4) is 17.4 Å². The van der Waals surface area contributed by atoms with Gasteiger partial charge in [-0.25, -0.2) is 0 Å². The Morgan fingerprint density at radius 2 is 2.03 bits per heavy atom. The molecule has 31 heavy (non-hydrogen) atoms. The maximum Gasteiger partial charge on any atom is 0.270 e. The number of benzene rings is 1. The molecule has 158 valence electrons. The Kier molecular flexibility index (Phi) is 4.86. The number of halogens is 1. The molecule has 0 fully saturated rings. The Morgan fingerprint density at radius 1 is 1.29 bits per heavy atom. The molecule has 0 radical (unpaired) electrons. The molecule has 2 aromatic rings. The van der Waals surface area contributed by atoms with Crippen LogP contribution in [0.1, 0.15) is 38.4 Å². The number of allylic oxidation sites excluding steroid dienone is 3. The van der Waals surface area contributed by atoms with Crippen molar-refractivity contribution in [3.63, 3.8) is 0 Å². The minimum Gasteiger partial charge on any atom is -0.460 e. The van der Waals surface area contributed by atoms with E-state index in [9.17, 15) is 20.2 Å². The molecule has 2 N–H and O–H groups in total. The van der Waals surface area contributed by atoms with Crippen molar-refractivity contribution in [3.05, 3.63) is 74.0 Å². The van der Waals surface area contributed by atoms with Gasteiger partial charge in [-0.2, -0.15) is 5.26 Å². The zero-order valence-corrected chi connectivity index (χ0v) is 17.5. The van der Waals surface area contributed by atoms with Gasteiger partial charge in [0.25, 0.3) is 5.69 Å². The first-order valence-corrected chi connectivity index (χ1v) is 9.87. The molecule has 1 unspecified atom stereocenters. The number of ketones is 1. The monoisotopic (exact) mass is 439 g/mol. The number of Topliss-reactive ketones (excluding diaryl/α,β-unsaturated/α-hetero) is 1. The maximum absolute atomic E-state index is 13.0. The number of nitriles is 1. The van der Waals surface area contributed by atoms with Crippen molar-refractivity contribution >= 4 is 23.1 Å². The van der Waals surface area contributed by atoms with Crippen molar-refractivity contribution in [1.82, 2.24) is 0 Å². The van der Waals surface area contributed by atoms with E-state index in [0.717, 1.165) is 0 Å². The minimum absolute atomic E-state index is 0.0527. The van der Waals surface area contributed by atoms with Crippen LogP contribution in [0.2, 0.25) is 5.02 Å². The van der Waals surface area contributed by atoms with Gasteiger partial charge >= 0.3 is 0 Å². The predicted octanol–water partition coefficient (Wildman–Crippen LogP) is 4.96. The number of carbonyl (C=O) groups excluding carboxylic acids is 1. The molecule has 0 spiro atoms. The summed E-state index contributed by atoms with van der Waals surface area (Å²) in [5, 5.41) is 20.8. The lowest BCUT2D eigenvalue weighted by atomic mass is 9.71. The van der Waals surface area contributed by atoms with Crippen LogP contribution in [0.3, 0.4) is 0 Å². The molecule has 1 aromatic heterocycles. The van der Waals surface area contributed by atoms with Gasteiger partial charge in [0.15, 0.2) is 5.78 Å². The molecule has 4 rings (SSSR count). The van der Waals surface area contributed by atoms with Gasteiger partial charge in [0.1, 0.15) is 28.9 Å². The third-order valence-electron chi connectivity index (χ3n) is 5.42. The molecule has 1 aromatic carbocycles. The number of nitrogens with two attached hydrogens (primary N) is 1. The van der Waals surface area contributed by atoms with Crippen molar-refractivity contribution < 1.29 is 18.9 Å². The highest BCUT2D eigenvalue weighted by atomic mass is 35.5. The summed E-state index contributed by atoms with van der Waals surface area (Å²) in [5.41, 5.74) is 6.51. The normalized spacial score (nSPS) is 20.2. The summed E-state index contributed by atoms with van der Waals surface area (Å²) in [6, 6.07) is 9.37. The molecular weight excluding hydrogens is 422 g/mol. The van der Waals surface area contributed by atoms with E-state index in [1.165, 1.54) is 18.2 Å². The molecule has 9 heteroatoms. The molecule has 1 aliphatic heterocycles. The van der Waals surface area contributed by atoms with Crippen LogP contribution in [0.25, 0.3) is 11.3 Å². The first-order chi connectivity index (χ1) is 14.6. The highest BCUT2D eigenvalue weighted by Crippen LogP contribution is 2.48. The number of hydrogen-bond acceptors (Lipinski definition) is 7. The summed E-state index contributed by atoms with van der Waals surface area (Å²) in [5.74, 6) is 0.179. The van der Waals surface area contributed by atoms with Gasteiger partial charge in [-0.05, 0) is 23.6 Å². The first kappa shape index (κ1) is 20.7. The highest BCUT2D eigenvalue weighted by molar-refractivity contribution is 6.33. The molecule has 0 saturated carbocycles. The summed E-state index contributed by atoms with van der Waals surface area (Å²) in [6.07, 6.45) is 0.817. The number of rotatable bonds is 3. The van der Waals surface area contributed by atoms with E-state index in [-0.39, 0.29) is 33.4 Å². The zero-order valence-electron chi connectivity index (χ0n) is 16.8. The van der Waals surface area contributed by atoms with E-state index in [2.05, 4.69) is 0 Å². The van der Waals surface area contributed by atoms with Gasteiger partial charge < -0.3 is 14.9 Å². The standard InChI is InChI=1S/C22H18ClN3O5/c1-22(2)8-15(27)20-18(9-22)31-21(25)13(10-24)19(20)17-6-5-16(30-17)12-4-3-11(26(28)29)7-14(12)23/h3-7,19H,8-9,25H2,1-2H3. The van der Waals surface area contributed by atoms with E-state index < -0.39 is 10.8 Å². The lowest BCUT2D eigenvalue weighted by Gasteiger charge is -2.36. The average molecular weight is 440 g/mol. The van der Waals surface area contributed by atoms with E-state index in [4.69, 9.17) is 26.5 Å². The molecule has 2 aliphatic rings. The van der Waals surface area contributed by atoms with Crippen LogP contribution in [0.4, 0.5) is 5.69 Å². The Morgan fingerprint density at radius 3 is 2.68 bits per heavy atom. The summed E-state index contributed by atoms with van der Waals surface area (Å²) >= 11 is 6.22. The van der Waals surface area contributed by atoms with E-state index in [1.807, 2.05) is 19.9 Å². The lowest BCUT2D eigenvalue weighted by molar-refractivity contribution is -0.384. The van der Waals surface area contributed by atoms with Crippen LogP contribution >= 0.6 is 11.6 Å². The van der Waals surface area contributed by atoms with Crippen molar-refractivity contribution in [2.24, 2.45) is 11.1 Å². The lowest BCUT2D eigenvalue weighted by Crippen LogP contribution is -2.33. The van der Waals surface area contributed by atoms with Gasteiger partial charge in [0.05, 0.1) is 15.9 Å². The number of nitrogens with zero attached hydrogens (tertiary/aromatic N) is 2. The zero-order chi connectivity index (χ0) is 22.5. The third-order valence-corrected chi connectivity index (χ3v) is 5.73. The summed E-state index contributed by atoms with van der Waals surface area (Å²) in [6.45, 7) is 3.93. The number of ether oxygens (including phenoxy) is 1. The van der Waals surface area contributed by atoms with Crippen LogP contribution in [0, 0.1) is 26.9 Å². The number of hydrogen-bond donors (Lipinski definition) is 1. The van der Waals surface area contributed by atoms with Gasteiger partial charge in [0.2, 0.25) is 5.88 Å².